The van der Waals surface area contributed by atoms with Gasteiger partial charge in [-0.1, -0.05) is 13.8 Å². The molecule has 16 heavy (non-hydrogen) atoms. The number of morpholine rings is 1. The molecule has 0 aromatic heterocycles. The van der Waals surface area contributed by atoms with Crippen LogP contribution in [-0.2, 0) is 9.53 Å². The molecule has 1 aliphatic heterocycles. The molecule has 2 unspecified atom stereocenters. The summed E-state index contributed by atoms with van der Waals surface area (Å²) in [6, 6.07) is 0. The summed E-state index contributed by atoms with van der Waals surface area (Å²) in [4.78, 5) is 13.9. The molecule has 1 rings (SSSR count). The first-order valence-corrected chi connectivity index (χ1v) is 6.28. The zero-order valence-corrected chi connectivity index (χ0v) is 11.2. The van der Waals surface area contributed by atoms with Crippen molar-refractivity contribution in [3.05, 3.63) is 0 Å². The molecule has 0 spiro atoms. The highest BCUT2D eigenvalue weighted by Crippen LogP contribution is 2.09. The van der Waals surface area contributed by atoms with E-state index < -0.39 is 0 Å². The van der Waals surface area contributed by atoms with Crippen LogP contribution in [0.3, 0.4) is 0 Å². The van der Waals surface area contributed by atoms with E-state index in [-0.39, 0.29) is 23.2 Å². The SMILES string of the molecule is CC(C)C(S)C(=O)NCC1CN(C)CCO1. The van der Waals surface area contributed by atoms with Gasteiger partial charge in [0.2, 0.25) is 5.91 Å². The summed E-state index contributed by atoms with van der Waals surface area (Å²) in [5, 5.41) is 2.65. The maximum absolute atomic E-state index is 11.7. The van der Waals surface area contributed by atoms with Gasteiger partial charge in [0.25, 0.3) is 0 Å². The average molecular weight is 246 g/mol. The first-order valence-electron chi connectivity index (χ1n) is 5.76. The van der Waals surface area contributed by atoms with Crippen LogP contribution in [0.1, 0.15) is 13.8 Å². The first kappa shape index (κ1) is 13.8. The lowest BCUT2D eigenvalue weighted by Crippen LogP contribution is -2.47. The summed E-state index contributed by atoms with van der Waals surface area (Å²) >= 11 is 4.27. The molecule has 5 heteroatoms. The van der Waals surface area contributed by atoms with Crippen LogP contribution in [0.5, 0.6) is 0 Å². The van der Waals surface area contributed by atoms with Gasteiger partial charge in [0.1, 0.15) is 0 Å². The molecule has 0 saturated carbocycles. The van der Waals surface area contributed by atoms with Crippen molar-refractivity contribution >= 4 is 18.5 Å². The molecule has 0 aliphatic carbocycles. The van der Waals surface area contributed by atoms with Gasteiger partial charge in [-0.05, 0) is 13.0 Å². The fourth-order valence-electron chi connectivity index (χ4n) is 1.61. The maximum atomic E-state index is 11.7. The Hall–Kier alpha value is -0.260. The molecule has 4 nitrogen and oxygen atoms in total. The second-order valence-electron chi connectivity index (χ2n) is 4.69. The van der Waals surface area contributed by atoms with Crippen LogP contribution in [0.2, 0.25) is 0 Å². The molecule has 1 heterocycles. The minimum absolute atomic E-state index is 0.00448. The average Bonchev–Trinajstić information content (AvgIpc) is 2.24. The van der Waals surface area contributed by atoms with Gasteiger partial charge >= 0.3 is 0 Å². The molecule has 1 amide bonds. The normalized spacial score (nSPS) is 24.4. The van der Waals surface area contributed by atoms with Gasteiger partial charge < -0.3 is 15.0 Å². The lowest BCUT2D eigenvalue weighted by molar-refractivity contribution is -0.122. The zero-order valence-electron chi connectivity index (χ0n) is 10.3. The second kappa shape index (κ2) is 6.47. The second-order valence-corrected chi connectivity index (χ2v) is 5.25. The van der Waals surface area contributed by atoms with E-state index in [2.05, 4.69) is 29.9 Å². The van der Waals surface area contributed by atoms with Crippen molar-refractivity contribution in [2.45, 2.75) is 25.2 Å². The van der Waals surface area contributed by atoms with E-state index in [1.165, 1.54) is 0 Å². The van der Waals surface area contributed by atoms with Crippen LogP contribution in [-0.4, -0.2) is 55.4 Å². The van der Waals surface area contributed by atoms with Gasteiger partial charge in [-0.2, -0.15) is 12.6 Å². The molecule has 0 aromatic carbocycles. The molecular formula is C11H22N2O2S. The number of carbonyl (C=O) groups is 1. The quantitative estimate of drug-likeness (QED) is 0.705. The Morgan fingerprint density at radius 1 is 1.62 bits per heavy atom. The van der Waals surface area contributed by atoms with Crippen molar-refractivity contribution < 1.29 is 9.53 Å². The highest BCUT2D eigenvalue weighted by Gasteiger charge is 2.21. The van der Waals surface area contributed by atoms with Gasteiger partial charge in [0.05, 0.1) is 18.0 Å². The van der Waals surface area contributed by atoms with Crippen LogP contribution >= 0.6 is 12.6 Å². The fraction of sp³-hybridized carbons (Fsp3) is 0.909. The minimum Gasteiger partial charge on any atom is -0.374 e. The standard InChI is InChI=1S/C11H22N2O2S/c1-8(2)10(16)11(14)12-6-9-7-13(3)4-5-15-9/h8-10,16H,4-7H2,1-3H3,(H,12,14). The summed E-state index contributed by atoms with van der Waals surface area (Å²) in [6.45, 7) is 7.13. The molecule has 1 fully saturated rings. The van der Waals surface area contributed by atoms with Crippen molar-refractivity contribution in [2.75, 3.05) is 33.3 Å². The Kier molecular flexibility index (Phi) is 5.58. The Labute approximate surface area is 103 Å². The van der Waals surface area contributed by atoms with Crippen molar-refractivity contribution in [2.24, 2.45) is 5.92 Å². The maximum Gasteiger partial charge on any atom is 0.233 e. The van der Waals surface area contributed by atoms with Crippen LogP contribution in [0.4, 0.5) is 0 Å². The monoisotopic (exact) mass is 246 g/mol. The Balaban J connectivity index is 2.25. The van der Waals surface area contributed by atoms with Crippen molar-refractivity contribution in [3.63, 3.8) is 0 Å². The van der Waals surface area contributed by atoms with Crippen molar-refractivity contribution in [1.29, 1.82) is 0 Å². The number of hydrogen-bond acceptors (Lipinski definition) is 4. The Morgan fingerprint density at radius 3 is 2.88 bits per heavy atom. The van der Waals surface area contributed by atoms with E-state index >= 15 is 0 Å². The van der Waals surface area contributed by atoms with Crippen LogP contribution < -0.4 is 5.32 Å². The molecular weight excluding hydrogens is 224 g/mol. The molecule has 2 atom stereocenters. The first-order chi connectivity index (χ1) is 7.50. The molecule has 94 valence electrons. The summed E-state index contributed by atoms with van der Waals surface area (Å²) in [5.41, 5.74) is 0. The number of likely N-dealkylation sites (N-methyl/N-ethyl adjacent to an activating group) is 1. The minimum atomic E-state index is -0.235. The van der Waals surface area contributed by atoms with Gasteiger partial charge in [-0.25, -0.2) is 0 Å². The van der Waals surface area contributed by atoms with E-state index in [0.29, 0.717) is 6.54 Å². The summed E-state index contributed by atoms with van der Waals surface area (Å²) in [7, 11) is 2.06. The number of rotatable bonds is 4. The number of hydrogen-bond donors (Lipinski definition) is 2. The fourth-order valence-corrected chi connectivity index (χ4v) is 1.70. The van der Waals surface area contributed by atoms with E-state index in [4.69, 9.17) is 4.74 Å². The third kappa shape index (κ3) is 4.31. The molecule has 0 aromatic rings. The Bertz CT molecular complexity index is 236. The summed E-state index contributed by atoms with van der Waals surface area (Å²) in [6.07, 6.45) is 0.107. The highest BCUT2D eigenvalue weighted by atomic mass is 32.1. The lowest BCUT2D eigenvalue weighted by Gasteiger charge is -2.30. The smallest absolute Gasteiger partial charge is 0.233 e. The topological polar surface area (TPSA) is 41.6 Å². The third-order valence-electron chi connectivity index (χ3n) is 2.75. The van der Waals surface area contributed by atoms with Crippen LogP contribution in [0, 0.1) is 5.92 Å². The summed E-state index contributed by atoms with van der Waals surface area (Å²) in [5.74, 6) is 0.244. The van der Waals surface area contributed by atoms with Crippen LogP contribution in [0.15, 0.2) is 0 Å². The predicted octanol–water partition coefficient (Wildman–Crippen LogP) is 0.388. The zero-order chi connectivity index (χ0) is 12.1. The van der Waals surface area contributed by atoms with Gasteiger partial charge in [0.15, 0.2) is 0 Å². The predicted molar refractivity (Wildman–Crippen MR) is 67.9 cm³/mol. The summed E-state index contributed by atoms with van der Waals surface area (Å²) < 4.78 is 5.56. The van der Waals surface area contributed by atoms with Gasteiger partial charge in [-0.3, -0.25) is 4.79 Å². The molecule has 0 bridgehead atoms. The number of nitrogens with one attached hydrogen (secondary N) is 1. The molecule has 1 saturated heterocycles. The number of ether oxygens (including phenoxy) is 1. The van der Waals surface area contributed by atoms with E-state index in [1.54, 1.807) is 0 Å². The van der Waals surface area contributed by atoms with Gasteiger partial charge in [-0.15, -0.1) is 0 Å². The lowest BCUT2D eigenvalue weighted by atomic mass is 10.1. The molecule has 0 radical (unpaired) electrons. The van der Waals surface area contributed by atoms with E-state index in [1.807, 2.05) is 13.8 Å². The molecule has 1 aliphatic rings. The highest BCUT2D eigenvalue weighted by molar-refractivity contribution is 7.81. The third-order valence-corrected chi connectivity index (χ3v) is 3.58. The number of thiol groups is 1. The largest absolute Gasteiger partial charge is 0.374 e. The number of carbonyl (C=O) groups excluding carboxylic acids is 1. The Morgan fingerprint density at radius 2 is 2.31 bits per heavy atom. The van der Waals surface area contributed by atoms with Crippen molar-refractivity contribution in [3.8, 4) is 0 Å². The van der Waals surface area contributed by atoms with Crippen molar-refractivity contribution in [1.82, 2.24) is 10.2 Å². The van der Waals surface area contributed by atoms with Crippen LogP contribution in [0.25, 0.3) is 0 Å². The van der Waals surface area contributed by atoms with E-state index in [9.17, 15) is 4.79 Å². The van der Waals surface area contributed by atoms with Gasteiger partial charge in [0, 0.05) is 19.6 Å². The molecule has 1 N–H and O–H groups in total. The number of amides is 1. The van der Waals surface area contributed by atoms with E-state index in [0.717, 1.165) is 19.7 Å². The number of nitrogens with zero attached hydrogens (tertiary/aromatic N) is 1.